The third-order valence-electron chi connectivity index (χ3n) is 2.37. The molecule has 0 bridgehead atoms. The maximum absolute atomic E-state index is 11.9. The van der Waals surface area contributed by atoms with Crippen molar-refractivity contribution in [2.75, 3.05) is 13.1 Å². The van der Waals surface area contributed by atoms with Gasteiger partial charge in [-0.1, -0.05) is 18.3 Å². The van der Waals surface area contributed by atoms with E-state index in [0.29, 0.717) is 6.54 Å². The first-order valence-corrected chi connectivity index (χ1v) is 6.20. The second-order valence-corrected chi connectivity index (χ2v) is 4.31. The molecule has 1 rings (SSSR count). The maximum Gasteiger partial charge on any atom is 0.312 e. The third-order valence-corrected chi connectivity index (χ3v) is 2.51. The van der Waals surface area contributed by atoms with Gasteiger partial charge in [0.05, 0.1) is 23.8 Å². The Bertz CT molecular complexity index is 464. The zero-order chi connectivity index (χ0) is 14.3. The molecule has 7 heteroatoms. The minimum atomic E-state index is -0.717. The van der Waals surface area contributed by atoms with Crippen LogP contribution < -0.4 is 11.1 Å². The highest BCUT2D eigenvalue weighted by atomic mass is 32.1. The molecule has 0 fully saturated rings. The molecule has 0 atom stereocenters. The molecule has 0 spiro atoms. The highest BCUT2D eigenvalue weighted by Gasteiger charge is 2.20. The summed E-state index contributed by atoms with van der Waals surface area (Å²) >= 11 is 4.63. The van der Waals surface area contributed by atoms with Crippen LogP contribution >= 0.6 is 12.2 Å². The number of aromatic nitrogens is 1. The molecular formula is C12H16N4O2S. The van der Waals surface area contributed by atoms with Crippen molar-refractivity contribution in [2.24, 2.45) is 5.73 Å². The number of amides is 2. The summed E-state index contributed by atoms with van der Waals surface area (Å²) in [6.45, 7) is 2.51. The molecule has 3 N–H and O–H groups in total. The molecule has 0 unspecified atom stereocenters. The topological polar surface area (TPSA) is 88.3 Å². The lowest BCUT2D eigenvalue weighted by atomic mass is 10.3. The molecule has 0 aromatic carbocycles. The van der Waals surface area contributed by atoms with Crippen molar-refractivity contribution in [1.82, 2.24) is 15.2 Å². The summed E-state index contributed by atoms with van der Waals surface area (Å²) < 4.78 is 0. The Hall–Kier alpha value is -2.02. The van der Waals surface area contributed by atoms with Gasteiger partial charge in [0.25, 0.3) is 0 Å². The molecule has 0 aliphatic rings. The predicted molar refractivity (Wildman–Crippen MR) is 75.1 cm³/mol. The molecule has 1 heterocycles. The van der Waals surface area contributed by atoms with Crippen molar-refractivity contribution < 1.29 is 9.59 Å². The van der Waals surface area contributed by atoms with Gasteiger partial charge >= 0.3 is 11.8 Å². The monoisotopic (exact) mass is 280 g/mol. The number of hydrogen-bond acceptors (Lipinski definition) is 4. The van der Waals surface area contributed by atoms with Gasteiger partial charge in [0.2, 0.25) is 0 Å². The van der Waals surface area contributed by atoms with Crippen LogP contribution in [0.4, 0.5) is 0 Å². The van der Waals surface area contributed by atoms with E-state index in [9.17, 15) is 9.59 Å². The van der Waals surface area contributed by atoms with E-state index in [4.69, 9.17) is 5.73 Å². The molecular weight excluding hydrogens is 264 g/mol. The fourth-order valence-corrected chi connectivity index (χ4v) is 1.47. The molecule has 1 aromatic rings. The van der Waals surface area contributed by atoms with Crippen LogP contribution in [0.1, 0.15) is 12.6 Å². The molecule has 6 nitrogen and oxygen atoms in total. The lowest BCUT2D eigenvalue weighted by Crippen LogP contribution is -2.44. The largest absolute Gasteiger partial charge is 0.392 e. The van der Waals surface area contributed by atoms with Gasteiger partial charge in [-0.3, -0.25) is 14.6 Å². The highest BCUT2D eigenvalue weighted by molar-refractivity contribution is 7.80. The SMILES string of the molecule is CCN(Cc1ccccn1)C(=O)C(=O)NCC(N)=S. The maximum atomic E-state index is 11.9. The van der Waals surface area contributed by atoms with Crippen LogP contribution in [0.3, 0.4) is 0 Å². The minimum Gasteiger partial charge on any atom is -0.392 e. The Labute approximate surface area is 117 Å². The van der Waals surface area contributed by atoms with E-state index < -0.39 is 11.8 Å². The van der Waals surface area contributed by atoms with E-state index >= 15 is 0 Å². The van der Waals surface area contributed by atoms with Gasteiger partial charge < -0.3 is 16.0 Å². The summed E-state index contributed by atoms with van der Waals surface area (Å²) in [4.78, 5) is 29.1. The van der Waals surface area contributed by atoms with Crippen molar-refractivity contribution in [3.63, 3.8) is 0 Å². The van der Waals surface area contributed by atoms with Crippen molar-refractivity contribution in [2.45, 2.75) is 13.5 Å². The van der Waals surface area contributed by atoms with Crippen molar-refractivity contribution in [3.8, 4) is 0 Å². The summed E-state index contributed by atoms with van der Waals surface area (Å²) in [6, 6.07) is 5.41. The second kappa shape index (κ2) is 7.42. The van der Waals surface area contributed by atoms with E-state index in [1.54, 1.807) is 25.3 Å². The Morgan fingerprint density at radius 2 is 2.21 bits per heavy atom. The van der Waals surface area contributed by atoms with Crippen LogP contribution in [0, 0.1) is 0 Å². The molecule has 102 valence electrons. The lowest BCUT2D eigenvalue weighted by Gasteiger charge is -2.19. The van der Waals surface area contributed by atoms with E-state index in [1.807, 2.05) is 6.07 Å². The van der Waals surface area contributed by atoms with E-state index in [1.165, 1.54) is 4.90 Å². The number of carbonyl (C=O) groups is 2. The van der Waals surface area contributed by atoms with E-state index in [2.05, 4.69) is 22.5 Å². The Kier molecular flexibility index (Phi) is 5.87. The summed E-state index contributed by atoms with van der Waals surface area (Å²) in [7, 11) is 0. The van der Waals surface area contributed by atoms with Gasteiger partial charge in [0.1, 0.15) is 0 Å². The fraction of sp³-hybridized carbons (Fsp3) is 0.333. The fourth-order valence-electron chi connectivity index (χ4n) is 1.40. The molecule has 2 amide bonds. The molecule has 0 aliphatic heterocycles. The molecule has 1 aromatic heterocycles. The van der Waals surface area contributed by atoms with Crippen molar-refractivity contribution >= 4 is 29.0 Å². The standard InChI is InChI=1S/C12H16N4O2S/c1-2-16(8-9-5-3-4-6-14-9)12(18)11(17)15-7-10(13)19/h3-6H,2,7-8H2,1H3,(H2,13,19)(H,15,17). The zero-order valence-electron chi connectivity index (χ0n) is 10.6. The van der Waals surface area contributed by atoms with Crippen LogP contribution in [0.15, 0.2) is 24.4 Å². The summed E-state index contributed by atoms with van der Waals surface area (Å²) in [6.07, 6.45) is 1.64. The van der Waals surface area contributed by atoms with Gasteiger partial charge in [0.15, 0.2) is 0 Å². The number of likely N-dealkylation sites (N-methyl/N-ethyl adjacent to an activating group) is 1. The Balaban J connectivity index is 2.61. The first kappa shape index (κ1) is 15.0. The van der Waals surface area contributed by atoms with E-state index in [-0.39, 0.29) is 18.1 Å². The van der Waals surface area contributed by atoms with Crippen molar-refractivity contribution in [3.05, 3.63) is 30.1 Å². The van der Waals surface area contributed by atoms with Gasteiger partial charge in [-0.2, -0.15) is 0 Å². The molecule has 0 aliphatic carbocycles. The number of pyridine rings is 1. The van der Waals surface area contributed by atoms with Crippen LogP contribution in [0.2, 0.25) is 0 Å². The van der Waals surface area contributed by atoms with Gasteiger partial charge in [-0.05, 0) is 19.1 Å². The molecule has 0 radical (unpaired) electrons. The van der Waals surface area contributed by atoms with Gasteiger partial charge in [-0.15, -0.1) is 0 Å². The number of nitrogens with one attached hydrogen (secondary N) is 1. The molecule has 0 saturated carbocycles. The van der Waals surface area contributed by atoms with Crippen LogP contribution in [-0.4, -0.2) is 39.8 Å². The smallest absolute Gasteiger partial charge is 0.312 e. The summed E-state index contributed by atoms with van der Waals surface area (Å²) in [5, 5.41) is 2.37. The van der Waals surface area contributed by atoms with Gasteiger partial charge in [0, 0.05) is 12.7 Å². The number of rotatable bonds is 5. The zero-order valence-corrected chi connectivity index (χ0v) is 11.4. The summed E-state index contributed by atoms with van der Waals surface area (Å²) in [5.41, 5.74) is 5.98. The average Bonchev–Trinajstić information content (AvgIpc) is 2.42. The van der Waals surface area contributed by atoms with E-state index in [0.717, 1.165) is 5.69 Å². The first-order chi connectivity index (χ1) is 9.04. The lowest BCUT2D eigenvalue weighted by molar-refractivity contribution is -0.146. The first-order valence-electron chi connectivity index (χ1n) is 5.80. The number of hydrogen-bond donors (Lipinski definition) is 2. The van der Waals surface area contributed by atoms with Crippen molar-refractivity contribution in [1.29, 1.82) is 0 Å². The molecule has 0 saturated heterocycles. The molecule has 19 heavy (non-hydrogen) atoms. The summed E-state index contributed by atoms with van der Waals surface area (Å²) in [5.74, 6) is -1.34. The highest BCUT2D eigenvalue weighted by Crippen LogP contribution is 2.01. The Morgan fingerprint density at radius 1 is 1.47 bits per heavy atom. The number of carbonyl (C=O) groups excluding carboxylic acids is 2. The minimum absolute atomic E-state index is 0.0149. The average molecular weight is 280 g/mol. The number of nitrogens with two attached hydrogens (primary N) is 1. The second-order valence-electron chi connectivity index (χ2n) is 3.79. The third kappa shape index (κ3) is 5.01. The normalized spacial score (nSPS) is 9.74. The van der Waals surface area contributed by atoms with Crippen LogP contribution in [0.5, 0.6) is 0 Å². The van der Waals surface area contributed by atoms with Crippen LogP contribution in [0.25, 0.3) is 0 Å². The van der Waals surface area contributed by atoms with Gasteiger partial charge in [-0.25, -0.2) is 0 Å². The number of thiocarbonyl (C=S) groups is 1. The quantitative estimate of drug-likeness (QED) is 0.577. The number of nitrogens with zero attached hydrogens (tertiary/aromatic N) is 2. The van der Waals surface area contributed by atoms with Crippen LogP contribution in [-0.2, 0) is 16.1 Å². The predicted octanol–water partition coefficient (Wildman–Crippen LogP) is -0.168. The Morgan fingerprint density at radius 3 is 2.74 bits per heavy atom.